The lowest BCUT2D eigenvalue weighted by Gasteiger charge is -2.17. The van der Waals surface area contributed by atoms with Crippen molar-refractivity contribution in [3.8, 4) is 0 Å². The molecule has 0 radical (unpaired) electrons. The first-order chi connectivity index (χ1) is 13.3. The van der Waals surface area contributed by atoms with Crippen molar-refractivity contribution < 1.29 is 13.2 Å². The molecule has 0 saturated heterocycles. The van der Waals surface area contributed by atoms with Crippen molar-refractivity contribution in [2.75, 3.05) is 13.2 Å². The Hall–Kier alpha value is -1.76. The van der Waals surface area contributed by atoms with Crippen LogP contribution in [0.4, 0.5) is 0 Å². The van der Waals surface area contributed by atoms with E-state index in [1.807, 2.05) is 50.2 Å². The second-order valence-corrected chi connectivity index (χ2v) is 9.90. The molecular formula is C22H27NO3S2. The zero-order valence-electron chi connectivity index (χ0n) is 16.5. The van der Waals surface area contributed by atoms with Crippen molar-refractivity contribution in [3.05, 3.63) is 65.2 Å². The van der Waals surface area contributed by atoms with E-state index in [9.17, 15) is 8.42 Å². The summed E-state index contributed by atoms with van der Waals surface area (Å²) < 4.78 is 32.7. The minimum Gasteiger partial charge on any atom is -0.393 e. The molecule has 3 atom stereocenters. The number of rotatable bonds is 8. The maximum absolute atomic E-state index is 13.5. The number of sulfone groups is 1. The van der Waals surface area contributed by atoms with Gasteiger partial charge < -0.3 is 10.5 Å². The zero-order valence-corrected chi connectivity index (χ0v) is 18.1. The van der Waals surface area contributed by atoms with E-state index in [0.717, 1.165) is 17.5 Å². The molecule has 150 valence electrons. The molecule has 2 N–H and O–H groups in total. The monoisotopic (exact) mass is 417 g/mol. The fourth-order valence-electron chi connectivity index (χ4n) is 3.98. The second-order valence-electron chi connectivity index (χ2n) is 7.39. The molecule has 1 aliphatic rings. The molecule has 0 amide bonds. The van der Waals surface area contributed by atoms with Crippen LogP contribution in [0.3, 0.4) is 0 Å². The molecular weight excluding hydrogens is 390 g/mol. The Morgan fingerprint density at radius 3 is 2.21 bits per heavy atom. The van der Waals surface area contributed by atoms with E-state index in [2.05, 4.69) is 6.92 Å². The molecule has 1 aliphatic carbocycles. The van der Waals surface area contributed by atoms with Crippen molar-refractivity contribution in [2.24, 2.45) is 11.1 Å². The molecule has 3 rings (SSSR count). The SMILES string of the molecule is CCOCC1(C(N)=S)C(c2ccc(CC)cc2)C1S(=O)(=O)c1ccc(C)cc1. The number of ether oxygens (including phenoxy) is 1. The van der Waals surface area contributed by atoms with E-state index in [4.69, 9.17) is 22.7 Å². The van der Waals surface area contributed by atoms with Gasteiger partial charge in [-0.25, -0.2) is 8.42 Å². The number of benzene rings is 2. The van der Waals surface area contributed by atoms with Crippen molar-refractivity contribution in [2.45, 2.75) is 43.3 Å². The Morgan fingerprint density at radius 2 is 1.71 bits per heavy atom. The van der Waals surface area contributed by atoms with E-state index in [0.29, 0.717) is 11.5 Å². The highest BCUT2D eigenvalue weighted by Gasteiger charge is 2.73. The first kappa shape index (κ1) is 21.0. The van der Waals surface area contributed by atoms with Gasteiger partial charge in [0.05, 0.1) is 27.2 Å². The first-order valence-electron chi connectivity index (χ1n) is 9.56. The van der Waals surface area contributed by atoms with Crippen LogP contribution in [0.25, 0.3) is 0 Å². The van der Waals surface area contributed by atoms with E-state index < -0.39 is 20.5 Å². The van der Waals surface area contributed by atoms with Crippen molar-refractivity contribution in [3.63, 3.8) is 0 Å². The van der Waals surface area contributed by atoms with Gasteiger partial charge in [0.15, 0.2) is 9.84 Å². The summed E-state index contributed by atoms with van der Waals surface area (Å²) in [6, 6.07) is 15.0. The third-order valence-electron chi connectivity index (χ3n) is 5.69. The molecule has 6 heteroatoms. The molecule has 2 aromatic rings. The van der Waals surface area contributed by atoms with E-state index >= 15 is 0 Å². The van der Waals surface area contributed by atoms with Crippen molar-refractivity contribution in [1.29, 1.82) is 0 Å². The van der Waals surface area contributed by atoms with Crippen LogP contribution in [0.1, 0.15) is 36.5 Å². The Labute approximate surface area is 173 Å². The summed E-state index contributed by atoms with van der Waals surface area (Å²) in [6.07, 6.45) is 0.926. The van der Waals surface area contributed by atoms with Gasteiger partial charge in [-0.2, -0.15) is 0 Å². The maximum atomic E-state index is 13.5. The highest BCUT2D eigenvalue weighted by atomic mass is 32.2. The molecule has 0 heterocycles. The lowest BCUT2D eigenvalue weighted by molar-refractivity contribution is 0.121. The van der Waals surface area contributed by atoms with E-state index in [1.54, 1.807) is 12.1 Å². The summed E-state index contributed by atoms with van der Waals surface area (Å²) in [4.78, 5) is 0.499. The largest absolute Gasteiger partial charge is 0.393 e. The van der Waals surface area contributed by atoms with Crippen molar-refractivity contribution in [1.82, 2.24) is 0 Å². The molecule has 4 nitrogen and oxygen atoms in total. The zero-order chi connectivity index (χ0) is 20.5. The van der Waals surface area contributed by atoms with Crippen LogP contribution in [0.2, 0.25) is 0 Å². The number of hydrogen-bond acceptors (Lipinski definition) is 4. The summed E-state index contributed by atoms with van der Waals surface area (Å²) in [5, 5.41) is -0.723. The molecule has 28 heavy (non-hydrogen) atoms. The van der Waals surface area contributed by atoms with Crippen LogP contribution in [0, 0.1) is 12.3 Å². The molecule has 3 unspecified atom stereocenters. The van der Waals surface area contributed by atoms with Gasteiger partial charge in [0, 0.05) is 12.5 Å². The first-order valence-corrected chi connectivity index (χ1v) is 11.5. The van der Waals surface area contributed by atoms with Gasteiger partial charge in [-0.05, 0) is 43.5 Å². The smallest absolute Gasteiger partial charge is 0.182 e. The molecule has 1 fully saturated rings. The molecule has 0 aromatic heterocycles. The minimum absolute atomic E-state index is 0.200. The van der Waals surface area contributed by atoms with Crippen LogP contribution in [0.15, 0.2) is 53.4 Å². The summed E-state index contributed by atoms with van der Waals surface area (Å²) in [7, 11) is -3.63. The molecule has 2 aromatic carbocycles. The average molecular weight is 418 g/mol. The summed E-state index contributed by atoms with van der Waals surface area (Å²) >= 11 is 5.38. The number of aryl methyl sites for hydroxylation is 2. The third-order valence-corrected chi connectivity index (χ3v) is 8.36. The average Bonchev–Trinajstić information content (AvgIpc) is 3.38. The van der Waals surface area contributed by atoms with Gasteiger partial charge in [0.2, 0.25) is 0 Å². The van der Waals surface area contributed by atoms with Gasteiger partial charge in [0.25, 0.3) is 0 Å². The van der Waals surface area contributed by atoms with Gasteiger partial charge in [-0.1, -0.05) is 61.1 Å². The minimum atomic E-state index is -3.63. The Balaban J connectivity index is 2.08. The number of nitrogens with two attached hydrogens (primary N) is 1. The van der Waals surface area contributed by atoms with Crippen molar-refractivity contribution >= 4 is 27.0 Å². The molecule has 0 spiro atoms. The topological polar surface area (TPSA) is 69.4 Å². The molecule has 0 bridgehead atoms. The number of thiocarbonyl (C=S) groups is 1. The lowest BCUT2D eigenvalue weighted by atomic mass is 9.98. The lowest BCUT2D eigenvalue weighted by Crippen LogP contribution is -2.33. The van der Waals surface area contributed by atoms with Crippen LogP contribution in [-0.2, 0) is 21.0 Å². The third kappa shape index (κ3) is 3.49. The second kappa shape index (κ2) is 7.93. The predicted molar refractivity (Wildman–Crippen MR) is 116 cm³/mol. The number of hydrogen-bond donors (Lipinski definition) is 1. The summed E-state index contributed by atoms with van der Waals surface area (Å²) in [5.74, 6) is -0.311. The van der Waals surface area contributed by atoms with Crippen LogP contribution in [-0.4, -0.2) is 31.9 Å². The van der Waals surface area contributed by atoms with Crippen LogP contribution in [0.5, 0.6) is 0 Å². The normalized spacial score (nSPS) is 24.1. The Bertz CT molecular complexity index is 952. The maximum Gasteiger partial charge on any atom is 0.182 e. The molecule has 0 aliphatic heterocycles. The van der Waals surface area contributed by atoms with Crippen LogP contribution >= 0.6 is 12.2 Å². The van der Waals surface area contributed by atoms with Gasteiger partial charge in [0.1, 0.15) is 0 Å². The van der Waals surface area contributed by atoms with Gasteiger partial charge in [-0.15, -0.1) is 0 Å². The molecule has 1 saturated carbocycles. The summed E-state index contributed by atoms with van der Waals surface area (Å²) in [5.41, 5.74) is 8.40. The standard InChI is InChI=1S/C22H27NO3S2/c1-4-16-8-10-17(11-9-16)19-20(22(19,21(23)27)14-26-5-2)28(24,25)18-12-6-15(3)7-13-18/h6-13,19-20H,4-5,14H2,1-3H3,(H2,23,27). The Kier molecular flexibility index (Phi) is 5.94. The summed E-state index contributed by atoms with van der Waals surface area (Å²) in [6.45, 7) is 6.58. The van der Waals surface area contributed by atoms with Gasteiger partial charge >= 0.3 is 0 Å². The Morgan fingerprint density at radius 1 is 1.11 bits per heavy atom. The quantitative estimate of drug-likeness (QED) is 0.662. The van der Waals surface area contributed by atoms with Crippen LogP contribution < -0.4 is 5.73 Å². The van der Waals surface area contributed by atoms with E-state index in [-0.39, 0.29) is 17.5 Å². The fraction of sp³-hybridized carbons (Fsp3) is 0.409. The highest BCUT2D eigenvalue weighted by Crippen LogP contribution is 2.64. The van der Waals surface area contributed by atoms with Gasteiger partial charge in [-0.3, -0.25) is 0 Å². The highest BCUT2D eigenvalue weighted by molar-refractivity contribution is 7.92. The van der Waals surface area contributed by atoms with E-state index in [1.165, 1.54) is 5.56 Å². The predicted octanol–water partition coefficient (Wildman–Crippen LogP) is 3.81. The fourth-order valence-corrected chi connectivity index (χ4v) is 6.75.